The maximum atomic E-state index is 13.8. The molecule has 1 amide bonds. The van der Waals surface area contributed by atoms with Crippen LogP contribution in [-0.2, 0) is 4.79 Å². The van der Waals surface area contributed by atoms with Gasteiger partial charge in [-0.2, -0.15) is 0 Å². The number of rotatable bonds is 6. The van der Waals surface area contributed by atoms with E-state index in [4.69, 9.17) is 0 Å². The minimum absolute atomic E-state index is 0.0769. The fourth-order valence-electron chi connectivity index (χ4n) is 5.03. The summed E-state index contributed by atoms with van der Waals surface area (Å²) in [7, 11) is 0. The van der Waals surface area contributed by atoms with E-state index in [0.29, 0.717) is 6.54 Å². The second kappa shape index (κ2) is 10.0. The van der Waals surface area contributed by atoms with Crippen LogP contribution in [0.4, 0.5) is 5.69 Å². The van der Waals surface area contributed by atoms with Gasteiger partial charge in [-0.15, -0.1) is 0 Å². The highest BCUT2D eigenvalue weighted by Gasteiger charge is 2.39. The minimum Gasteiger partial charge on any atom is -0.362 e. The number of carbonyl (C=O) groups is 1. The van der Waals surface area contributed by atoms with E-state index >= 15 is 0 Å². The summed E-state index contributed by atoms with van der Waals surface area (Å²) in [5.74, 6) is 0.0769. The van der Waals surface area contributed by atoms with Gasteiger partial charge < -0.3 is 4.90 Å². The quantitative estimate of drug-likeness (QED) is 0.492. The summed E-state index contributed by atoms with van der Waals surface area (Å²) >= 11 is 0. The first-order valence-electron chi connectivity index (χ1n) is 12.2. The standard InChI is InChI=1S/C30H31N3O/c1-2-32(26-18-10-5-11-19-26)22-28(34)33-30(24-15-8-4-9-16-24)27-20-12-17-25(29(27)31-33)21-23-13-6-3-7-14-23/h3-11,13-16,18-19,21,30-31H,2,12,17,20,22H2,1H3/b25-21+/t30-/m1/s1. The summed E-state index contributed by atoms with van der Waals surface area (Å²) in [4.78, 5) is 15.9. The van der Waals surface area contributed by atoms with Crippen LogP contribution < -0.4 is 10.3 Å². The van der Waals surface area contributed by atoms with Gasteiger partial charge in [0.05, 0.1) is 12.2 Å². The molecule has 2 aliphatic rings. The van der Waals surface area contributed by atoms with Gasteiger partial charge in [0.1, 0.15) is 6.04 Å². The number of likely N-dealkylation sites (N-methyl/N-ethyl adjacent to an activating group) is 1. The van der Waals surface area contributed by atoms with Gasteiger partial charge in [0.25, 0.3) is 5.91 Å². The van der Waals surface area contributed by atoms with Crippen LogP contribution in [0.15, 0.2) is 108 Å². The molecule has 3 aromatic rings. The molecule has 34 heavy (non-hydrogen) atoms. The Bertz CT molecular complexity index is 1190. The Hall–Kier alpha value is -3.79. The second-order valence-electron chi connectivity index (χ2n) is 8.87. The molecule has 0 spiro atoms. The van der Waals surface area contributed by atoms with Crippen molar-refractivity contribution in [3.05, 3.63) is 119 Å². The van der Waals surface area contributed by atoms with Crippen molar-refractivity contribution in [2.75, 3.05) is 18.0 Å². The van der Waals surface area contributed by atoms with Gasteiger partial charge in [0.15, 0.2) is 0 Å². The molecule has 172 valence electrons. The molecule has 1 atom stereocenters. The van der Waals surface area contributed by atoms with Gasteiger partial charge in [-0.3, -0.25) is 10.2 Å². The van der Waals surface area contributed by atoms with Crippen LogP contribution in [0.3, 0.4) is 0 Å². The Labute approximate surface area is 202 Å². The topological polar surface area (TPSA) is 35.6 Å². The summed E-state index contributed by atoms with van der Waals surface area (Å²) in [6, 6.07) is 30.9. The molecular formula is C30H31N3O. The van der Waals surface area contributed by atoms with Crippen molar-refractivity contribution < 1.29 is 4.79 Å². The highest BCUT2D eigenvalue weighted by molar-refractivity contribution is 5.83. The minimum atomic E-state index is -0.0855. The number of nitrogens with zero attached hydrogens (tertiary/aromatic N) is 2. The maximum Gasteiger partial charge on any atom is 0.261 e. The fourth-order valence-corrected chi connectivity index (χ4v) is 5.03. The van der Waals surface area contributed by atoms with E-state index < -0.39 is 0 Å². The Kier molecular flexibility index (Phi) is 6.48. The lowest BCUT2D eigenvalue weighted by molar-refractivity contribution is -0.133. The number of hydrazine groups is 1. The van der Waals surface area contributed by atoms with Crippen molar-refractivity contribution >= 4 is 17.7 Å². The van der Waals surface area contributed by atoms with Crippen molar-refractivity contribution in [1.82, 2.24) is 10.4 Å². The predicted octanol–water partition coefficient (Wildman–Crippen LogP) is 6.12. The largest absolute Gasteiger partial charge is 0.362 e. The summed E-state index contributed by atoms with van der Waals surface area (Å²) in [6.07, 6.45) is 5.36. The van der Waals surface area contributed by atoms with Gasteiger partial charge in [-0.1, -0.05) is 78.9 Å². The lowest BCUT2D eigenvalue weighted by atomic mass is 9.86. The number of benzene rings is 3. The molecule has 1 aliphatic carbocycles. The molecule has 5 rings (SSSR count). The summed E-state index contributed by atoms with van der Waals surface area (Å²) < 4.78 is 0. The third-order valence-electron chi connectivity index (χ3n) is 6.71. The molecule has 0 bridgehead atoms. The van der Waals surface area contributed by atoms with Gasteiger partial charge in [-0.25, -0.2) is 5.01 Å². The fraction of sp³-hybridized carbons (Fsp3) is 0.233. The summed E-state index contributed by atoms with van der Waals surface area (Å²) in [6.45, 7) is 3.19. The molecule has 0 saturated carbocycles. The lowest BCUT2D eigenvalue weighted by Crippen LogP contribution is -2.46. The van der Waals surface area contributed by atoms with Crippen LogP contribution in [0.1, 0.15) is 43.4 Å². The monoisotopic (exact) mass is 449 g/mol. The number of allylic oxidation sites excluding steroid dienone is 1. The van der Waals surface area contributed by atoms with Crippen LogP contribution in [0.2, 0.25) is 0 Å². The predicted molar refractivity (Wildman–Crippen MR) is 139 cm³/mol. The van der Waals surface area contributed by atoms with Crippen molar-refractivity contribution in [2.45, 2.75) is 32.2 Å². The van der Waals surface area contributed by atoms with Crippen LogP contribution in [0, 0.1) is 0 Å². The number of para-hydroxylation sites is 1. The molecule has 1 N–H and O–H groups in total. The first-order valence-corrected chi connectivity index (χ1v) is 12.2. The van der Waals surface area contributed by atoms with Crippen molar-refractivity contribution in [2.24, 2.45) is 0 Å². The highest BCUT2D eigenvalue weighted by atomic mass is 16.2. The number of amides is 1. The van der Waals surface area contributed by atoms with E-state index in [-0.39, 0.29) is 11.9 Å². The van der Waals surface area contributed by atoms with E-state index in [2.05, 4.69) is 84.0 Å². The lowest BCUT2D eigenvalue weighted by Gasteiger charge is -2.30. The van der Waals surface area contributed by atoms with Crippen molar-refractivity contribution in [1.29, 1.82) is 0 Å². The summed E-state index contributed by atoms with van der Waals surface area (Å²) in [5, 5.41) is 1.87. The number of anilines is 1. The molecule has 0 unspecified atom stereocenters. The van der Waals surface area contributed by atoms with Gasteiger partial charge in [0, 0.05) is 12.2 Å². The maximum absolute atomic E-state index is 13.8. The van der Waals surface area contributed by atoms with Crippen molar-refractivity contribution in [3.63, 3.8) is 0 Å². The van der Waals surface area contributed by atoms with E-state index in [9.17, 15) is 4.79 Å². The highest BCUT2D eigenvalue weighted by Crippen LogP contribution is 2.43. The molecule has 0 saturated heterocycles. The third kappa shape index (κ3) is 4.49. The molecule has 4 heteroatoms. The SMILES string of the molecule is CCN(CC(=O)N1NC2=C(CCC/C2=C\c2ccccc2)[C@H]1c1ccccc1)c1ccccc1. The van der Waals surface area contributed by atoms with E-state index in [0.717, 1.165) is 42.8 Å². The smallest absolute Gasteiger partial charge is 0.261 e. The zero-order valence-electron chi connectivity index (χ0n) is 19.7. The van der Waals surface area contributed by atoms with Crippen LogP contribution in [0.5, 0.6) is 0 Å². The average Bonchev–Trinajstić information content (AvgIpc) is 3.30. The Morgan fingerprint density at radius 2 is 1.59 bits per heavy atom. The van der Waals surface area contributed by atoms with Crippen molar-refractivity contribution in [3.8, 4) is 0 Å². The Morgan fingerprint density at radius 1 is 0.941 bits per heavy atom. The third-order valence-corrected chi connectivity index (χ3v) is 6.71. The molecule has 1 heterocycles. The van der Waals surface area contributed by atoms with Crippen LogP contribution in [-0.4, -0.2) is 24.0 Å². The average molecular weight is 450 g/mol. The molecule has 1 aliphatic heterocycles. The zero-order valence-corrected chi connectivity index (χ0v) is 19.7. The van der Waals surface area contributed by atoms with Gasteiger partial charge >= 0.3 is 0 Å². The molecule has 0 fully saturated rings. The van der Waals surface area contributed by atoms with E-state index in [1.807, 2.05) is 35.3 Å². The zero-order chi connectivity index (χ0) is 23.3. The second-order valence-corrected chi connectivity index (χ2v) is 8.87. The first-order chi connectivity index (χ1) is 16.7. The number of nitrogens with one attached hydrogen (secondary N) is 1. The Balaban J connectivity index is 1.48. The van der Waals surface area contributed by atoms with E-state index in [1.165, 1.54) is 16.7 Å². The number of hydrogen-bond donors (Lipinski definition) is 1. The van der Waals surface area contributed by atoms with E-state index in [1.54, 1.807) is 0 Å². The molecule has 4 nitrogen and oxygen atoms in total. The number of carbonyl (C=O) groups excluding carboxylic acids is 1. The summed E-state index contributed by atoms with van der Waals surface area (Å²) in [5.41, 5.74) is 10.7. The number of hydrogen-bond acceptors (Lipinski definition) is 3. The normalized spacial score (nSPS) is 18.6. The first kappa shape index (κ1) is 22.0. The van der Waals surface area contributed by atoms with Crippen LogP contribution in [0.25, 0.3) is 6.08 Å². The molecule has 0 aromatic heterocycles. The molecular weight excluding hydrogens is 418 g/mol. The Morgan fingerprint density at radius 3 is 2.26 bits per heavy atom. The van der Waals surface area contributed by atoms with Gasteiger partial charge in [0.2, 0.25) is 0 Å². The molecule has 3 aromatic carbocycles. The van der Waals surface area contributed by atoms with Gasteiger partial charge in [-0.05, 0) is 66.7 Å². The molecule has 0 radical (unpaired) electrons. The van der Waals surface area contributed by atoms with Crippen LogP contribution >= 0.6 is 0 Å².